The van der Waals surface area contributed by atoms with E-state index in [0.717, 1.165) is 34.3 Å². The summed E-state index contributed by atoms with van der Waals surface area (Å²) < 4.78 is 11.2. The molecule has 2 heterocycles. The lowest BCUT2D eigenvalue weighted by molar-refractivity contribution is 0.171. The van der Waals surface area contributed by atoms with Gasteiger partial charge >= 0.3 is 0 Å². The van der Waals surface area contributed by atoms with Crippen molar-refractivity contribution in [2.75, 3.05) is 23.8 Å². The number of rotatable bonds is 5. The number of nitrogens with zero attached hydrogens (tertiary/aromatic N) is 2. The molecular formula is C21H20N4O2. The van der Waals surface area contributed by atoms with E-state index in [1.807, 2.05) is 42.5 Å². The first-order valence-corrected chi connectivity index (χ1v) is 9.21. The highest BCUT2D eigenvalue weighted by atomic mass is 16.6. The van der Waals surface area contributed by atoms with Crippen LogP contribution in [0, 0.1) is 0 Å². The molecule has 136 valence electrons. The molecule has 0 amide bonds. The topological polar surface area (TPSA) is 68.3 Å². The summed E-state index contributed by atoms with van der Waals surface area (Å²) in [6, 6.07) is 18.4. The first-order valence-electron chi connectivity index (χ1n) is 9.21. The summed E-state index contributed by atoms with van der Waals surface area (Å²) in [7, 11) is 0. The fourth-order valence-corrected chi connectivity index (χ4v) is 3.02. The van der Waals surface area contributed by atoms with Gasteiger partial charge in [-0.25, -0.2) is 4.98 Å². The highest BCUT2D eigenvalue weighted by Gasteiger charge is 2.22. The van der Waals surface area contributed by atoms with Gasteiger partial charge in [0.2, 0.25) is 5.95 Å². The van der Waals surface area contributed by atoms with Crippen LogP contribution in [0.1, 0.15) is 12.8 Å². The van der Waals surface area contributed by atoms with E-state index < -0.39 is 0 Å². The number of nitrogens with one attached hydrogen (secondary N) is 2. The van der Waals surface area contributed by atoms with E-state index in [-0.39, 0.29) is 0 Å². The number of hydrogen-bond donors (Lipinski definition) is 2. The molecule has 5 rings (SSSR count). The molecule has 0 atom stereocenters. The average Bonchev–Trinajstić information content (AvgIpc) is 3.52. The van der Waals surface area contributed by atoms with Crippen molar-refractivity contribution >= 4 is 17.5 Å². The number of benzene rings is 2. The highest BCUT2D eigenvalue weighted by molar-refractivity contribution is 5.67. The summed E-state index contributed by atoms with van der Waals surface area (Å²) in [6.07, 6.45) is 2.38. The predicted molar refractivity (Wildman–Crippen MR) is 105 cm³/mol. The van der Waals surface area contributed by atoms with E-state index in [0.29, 0.717) is 25.2 Å². The highest BCUT2D eigenvalue weighted by Crippen LogP contribution is 2.34. The third-order valence-corrected chi connectivity index (χ3v) is 4.52. The maximum absolute atomic E-state index is 5.66. The smallest absolute Gasteiger partial charge is 0.229 e. The molecule has 1 fully saturated rings. The maximum atomic E-state index is 5.66. The van der Waals surface area contributed by atoms with Crippen LogP contribution in [0.4, 0.5) is 17.5 Å². The zero-order valence-electron chi connectivity index (χ0n) is 14.8. The van der Waals surface area contributed by atoms with E-state index in [4.69, 9.17) is 14.5 Å². The number of fused-ring (bicyclic) bond motifs is 1. The number of anilines is 3. The van der Waals surface area contributed by atoms with Gasteiger partial charge in [0.15, 0.2) is 11.5 Å². The van der Waals surface area contributed by atoms with Crippen LogP contribution in [-0.2, 0) is 0 Å². The van der Waals surface area contributed by atoms with Crippen LogP contribution in [0.25, 0.3) is 11.3 Å². The summed E-state index contributed by atoms with van der Waals surface area (Å²) in [5.74, 6) is 2.89. The van der Waals surface area contributed by atoms with Crippen molar-refractivity contribution in [2.45, 2.75) is 18.9 Å². The molecule has 0 bridgehead atoms. The van der Waals surface area contributed by atoms with Gasteiger partial charge in [0, 0.05) is 29.4 Å². The molecule has 1 aromatic heterocycles. The van der Waals surface area contributed by atoms with Crippen molar-refractivity contribution in [1.29, 1.82) is 0 Å². The first kappa shape index (κ1) is 15.9. The minimum Gasteiger partial charge on any atom is -0.486 e. The summed E-state index contributed by atoms with van der Waals surface area (Å²) in [5.41, 5.74) is 2.81. The quantitative estimate of drug-likeness (QED) is 0.710. The van der Waals surface area contributed by atoms with Gasteiger partial charge in [0.25, 0.3) is 0 Å². The lowest BCUT2D eigenvalue weighted by atomic mass is 10.1. The summed E-state index contributed by atoms with van der Waals surface area (Å²) >= 11 is 0. The molecule has 3 aromatic rings. The predicted octanol–water partition coefficient (Wildman–Crippen LogP) is 4.23. The third-order valence-electron chi connectivity index (χ3n) is 4.52. The molecule has 6 nitrogen and oxygen atoms in total. The zero-order chi connectivity index (χ0) is 18.1. The lowest BCUT2D eigenvalue weighted by Gasteiger charge is -2.19. The van der Waals surface area contributed by atoms with Crippen LogP contribution < -0.4 is 20.1 Å². The van der Waals surface area contributed by atoms with Crippen LogP contribution in [0.15, 0.2) is 54.6 Å². The lowest BCUT2D eigenvalue weighted by Crippen LogP contribution is -2.15. The Morgan fingerprint density at radius 2 is 1.67 bits per heavy atom. The average molecular weight is 360 g/mol. The van der Waals surface area contributed by atoms with Crippen LogP contribution in [-0.4, -0.2) is 29.2 Å². The third kappa shape index (κ3) is 3.65. The number of aromatic nitrogens is 2. The Morgan fingerprint density at radius 1 is 0.852 bits per heavy atom. The number of hydrogen-bond acceptors (Lipinski definition) is 6. The first-order chi connectivity index (χ1) is 13.3. The van der Waals surface area contributed by atoms with Gasteiger partial charge in [0.05, 0.1) is 5.69 Å². The van der Waals surface area contributed by atoms with Crippen LogP contribution in [0.2, 0.25) is 0 Å². The summed E-state index contributed by atoms with van der Waals surface area (Å²) in [6.45, 7) is 1.14. The van der Waals surface area contributed by atoms with Crippen LogP contribution in [0.3, 0.4) is 0 Å². The molecule has 0 unspecified atom stereocenters. The molecule has 6 heteroatoms. The fraction of sp³-hybridized carbons (Fsp3) is 0.238. The molecule has 27 heavy (non-hydrogen) atoms. The molecular weight excluding hydrogens is 340 g/mol. The van der Waals surface area contributed by atoms with Gasteiger partial charge in [0.1, 0.15) is 19.0 Å². The van der Waals surface area contributed by atoms with Gasteiger partial charge in [-0.05, 0) is 25.0 Å². The van der Waals surface area contributed by atoms with Gasteiger partial charge in [-0.15, -0.1) is 0 Å². The fourth-order valence-electron chi connectivity index (χ4n) is 3.02. The van der Waals surface area contributed by atoms with Gasteiger partial charge in [-0.3, -0.25) is 0 Å². The van der Waals surface area contributed by atoms with E-state index in [9.17, 15) is 0 Å². The standard InChI is InChI=1S/C21H20N4O2/c1-2-4-14(5-3-1)17-13-20(22-15-6-7-15)25-21(24-17)23-16-8-9-18-19(12-16)27-11-10-26-18/h1-5,8-9,12-13,15H,6-7,10-11H2,(H2,22,23,24,25). The van der Waals surface area contributed by atoms with Crippen molar-refractivity contribution in [3.8, 4) is 22.8 Å². The van der Waals surface area contributed by atoms with Crippen LogP contribution >= 0.6 is 0 Å². The van der Waals surface area contributed by atoms with Gasteiger partial charge in [-0.2, -0.15) is 4.98 Å². The molecule has 2 aromatic carbocycles. The van der Waals surface area contributed by atoms with Crippen molar-refractivity contribution in [2.24, 2.45) is 0 Å². The Bertz CT molecular complexity index is 958. The zero-order valence-corrected chi connectivity index (χ0v) is 14.8. The minimum atomic E-state index is 0.519. The van der Waals surface area contributed by atoms with Crippen molar-refractivity contribution in [3.05, 3.63) is 54.6 Å². The maximum Gasteiger partial charge on any atom is 0.229 e. The van der Waals surface area contributed by atoms with Crippen molar-refractivity contribution in [1.82, 2.24) is 9.97 Å². The van der Waals surface area contributed by atoms with E-state index in [1.165, 1.54) is 12.8 Å². The molecule has 0 saturated heterocycles. The van der Waals surface area contributed by atoms with Gasteiger partial charge < -0.3 is 20.1 Å². The summed E-state index contributed by atoms with van der Waals surface area (Å²) in [4.78, 5) is 9.35. The van der Waals surface area contributed by atoms with Crippen LogP contribution in [0.5, 0.6) is 11.5 Å². The van der Waals surface area contributed by atoms with E-state index in [2.05, 4.69) is 27.8 Å². The second-order valence-electron chi connectivity index (χ2n) is 6.73. The molecule has 0 spiro atoms. The number of ether oxygens (including phenoxy) is 2. The second-order valence-corrected chi connectivity index (χ2v) is 6.73. The summed E-state index contributed by atoms with van der Waals surface area (Å²) in [5, 5.41) is 6.77. The molecule has 1 aliphatic carbocycles. The molecule has 1 aliphatic heterocycles. The Morgan fingerprint density at radius 3 is 2.48 bits per heavy atom. The van der Waals surface area contributed by atoms with Gasteiger partial charge in [-0.1, -0.05) is 30.3 Å². The van der Waals surface area contributed by atoms with E-state index in [1.54, 1.807) is 0 Å². The van der Waals surface area contributed by atoms with E-state index >= 15 is 0 Å². The molecule has 1 saturated carbocycles. The normalized spacial score (nSPS) is 15.3. The largest absolute Gasteiger partial charge is 0.486 e. The second kappa shape index (κ2) is 6.79. The SMILES string of the molecule is c1ccc(-c2cc(NC3CC3)nc(Nc3ccc4c(c3)OCCO4)n2)cc1. The minimum absolute atomic E-state index is 0.519. The monoisotopic (exact) mass is 360 g/mol. The Labute approximate surface area is 157 Å². The molecule has 2 N–H and O–H groups in total. The van der Waals surface area contributed by atoms with Crippen molar-refractivity contribution in [3.63, 3.8) is 0 Å². The Balaban J connectivity index is 1.47. The van der Waals surface area contributed by atoms with Crippen molar-refractivity contribution < 1.29 is 9.47 Å². The Hall–Kier alpha value is -3.28. The molecule has 2 aliphatic rings. The Kier molecular flexibility index (Phi) is 4.01. The molecule has 0 radical (unpaired) electrons.